The Morgan fingerprint density at radius 1 is 1.45 bits per heavy atom. The third-order valence-electron chi connectivity index (χ3n) is 1.58. The van der Waals surface area contributed by atoms with Crippen LogP contribution in [0, 0.1) is 0 Å². The average molecular weight is 270 g/mol. The fourth-order valence-corrected chi connectivity index (χ4v) is 1.31. The van der Waals surface area contributed by atoms with Gasteiger partial charge in [-0.2, -0.15) is 0 Å². The maximum atomic E-state index is 10.4. The predicted molar refractivity (Wildman–Crippen MR) is 54.2 cm³/mol. The van der Waals surface area contributed by atoms with E-state index >= 15 is 0 Å². The first kappa shape index (κ1) is 11.2. The molecule has 0 fully saturated rings. The highest BCUT2D eigenvalue weighted by Crippen LogP contribution is 2.12. The highest BCUT2D eigenvalue weighted by molar-refractivity contribution is 14.1. The third kappa shape index (κ3) is 6.59. The smallest absolute Gasteiger partial charge is 0.316 e. The first-order valence-corrected chi connectivity index (χ1v) is 5.30. The van der Waals surface area contributed by atoms with Crippen LogP contribution in [0.15, 0.2) is 0 Å². The molecule has 1 atom stereocenters. The van der Waals surface area contributed by atoms with Crippen molar-refractivity contribution in [2.24, 2.45) is 0 Å². The minimum absolute atomic E-state index is 0.190. The van der Waals surface area contributed by atoms with Crippen LogP contribution in [0.1, 0.15) is 39.0 Å². The number of halogens is 1. The summed E-state index contributed by atoms with van der Waals surface area (Å²) >= 11 is 1.98. The molecule has 0 aliphatic carbocycles. The number of aliphatic carboxylic acids is 1. The Kier molecular flexibility index (Phi) is 7.01. The summed E-state index contributed by atoms with van der Waals surface area (Å²) in [5, 5.41) is 8.53. The van der Waals surface area contributed by atoms with E-state index in [0.29, 0.717) is 0 Å². The monoisotopic (exact) mass is 270 g/mol. The standard InChI is InChI=1S/C8H15IO2/c1-2-3-4-5-6-7(9)8(10)11/h7H,2-6H2,1H3,(H,10,11). The topological polar surface area (TPSA) is 37.3 Å². The van der Waals surface area contributed by atoms with Gasteiger partial charge in [-0.3, -0.25) is 4.79 Å². The fourth-order valence-electron chi connectivity index (χ4n) is 0.874. The van der Waals surface area contributed by atoms with Gasteiger partial charge in [-0.05, 0) is 6.42 Å². The van der Waals surface area contributed by atoms with Gasteiger partial charge in [0.25, 0.3) is 0 Å². The van der Waals surface area contributed by atoms with E-state index in [0.717, 1.165) is 12.8 Å². The second-order valence-electron chi connectivity index (χ2n) is 2.66. The Labute approximate surface area is 81.5 Å². The number of rotatable bonds is 6. The molecule has 0 saturated heterocycles. The van der Waals surface area contributed by atoms with Crippen LogP contribution in [0.4, 0.5) is 0 Å². The summed E-state index contributed by atoms with van der Waals surface area (Å²) in [7, 11) is 0. The molecule has 0 saturated carbocycles. The summed E-state index contributed by atoms with van der Waals surface area (Å²) < 4.78 is -0.190. The van der Waals surface area contributed by atoms with Crippen LogP contribution in [0.3, 0.4) is 0 Å². The molecule has 1 N–H and O–H groups in total. The summed E-state index contributed by atoms with van der Waals surface area (Å²) in [4.78, 5) is 10.4. The molecule has 0 aliphatic rings. The zero-order valence-electron chi connectivity index (χ0n) is 6.85. The maximum Gasteiger partial charge on any atom is 0.316 e. The minimum atomic E-state index is -0.679. The van der Waals surface area contributed by atoms with Gasteiger partial charge in [0.2, 0.25) is 0 Å². The number of carboxylic acids is 1. The normalized spacial score (nSPS) is 12.9. The number of unbranched alkanes of at least 4 members (excludes halogenated alkanes) is 3. The van der Waals surface area contributed by atoms with Gasteiger partial charge >= 0.3 is 5.97 Å². The maximum absolute atomic E-state index is 10.4. The Hall–Kier alpha value is 0.200. The number of alkyl halides is 1. The van der Waals surface area contributed by atoms with Crippen molar-refractivity contribution in [3.63, 3.8) is 0 Å². The van der Waals surface area contributed by atoms with Crippen molar-refractivity contribution in [3.05, 3.63) is 0 Å². The minimum Gasteiger partial charge on any atom is -0.480 e. The molecule has 0 heterocycles. The summed E-state index contributed by atoms with van der Waals surface area (Å²) in [6.45, 7) is 2.15. The molecule has 0 aromatic heterocycles. The van der Waals surface area contributed by atoms with Crippen LogP contribution < -0.4 is 0 Å². The summed E-state index contributed by atoms with van der Waals surface area (Å²) in [6.07, 6.45) is 5.47. The fraction of sp³-hybridized carbons (Fsp3) is 0.875. The molecule has 66 valence electrons. The summed E-state index contributed by atoms with van der Waals surface area (Å²) in [5.41, 5.74) is 0. The SMILES string of the molecule is CCCCCCC(I)C(=O)O. The molecule has 3 heteroatoms. The van der Waals surface area contributed by atoms with Crippen molar-refractivity contribution < 1.29 is 9.90 Å². The van der Waals surface area contributed by atoms with Crippen molar-refractivity contribution in [3.8, 4) is 0 Å². The van der Waals surface area contributed by atoms with Gasteiger partial charge in [-0.15, -0.1) is 0 Å². The lowest BCUT2D eigenvalue weighted by Gasteiger charge is -2.02. The van der Waals surface area contributed by atoms with E-state index < -0.39 is 5.97 Å². The number of carbonyl (C=O) groups is 1. The second-order valence-corrected chi connectivity index (χ2v) is 4.16. The van der Waals surface area contributed by atoms with Gasteiger partial charge in [0.1, 0.15) is 3.92 Å². The molecular weight excluding hydrogens is 255 g/mol. The average Bonchev–Trinajstić information content (AvgIpc) is 1.97. The van der Waals surface area contributed by atoms with Crippen molar-refractivity contribution in [2.45, 2.75) is 43.0 Å². The van der Waals surface area contributed by atoms with E-state index in [4.69, 9.17) is 5.11 Å². The van der Waals surface area contributed by atoms with E-state index in [9.17, 15) is 4.79 Å². The zero-order chi connectivity index (χ0) is 8.69. The van der Waals surface area contributed by atoms with Gasteiger partial charge in [-0.25, -0.2) is 0 Å². The molecule has 0 aliphatic heterocycles. The first-order chi connectivity index (χ1) is 5.18. The molecule has 0 aromatic rings. The van der Waals surface area contributed by atoms with Crippen LogP contribution in [0.2, 0.25) is 0 Å². The van der Waals surface area contributed by atoms with Crippen molar-refractivity contribution in [2.75, 3.05) is 0 Å². The molecule has 0 radical (unpaired) electrons. The number of hydrogen-bond acceptors (Lipinski definition) is 1. The molecule has 0 amide bonds. The Morgan fingerprint density at radius 2 is 2.09 bits per heavy atom. The van der Waals surface area contributed by atoms with E-state index in [2.05, 4.69) is 6.92 Å². The molecule has 11 heavy (non-hydrogen) atoms. The highest BCUT2D eigenvalue weighted by Gasteiger charge is 2.10. The number of carboxylic acid groups (broad SMARTS) is 1. The molecular formula is C8H15IO2. The summed E-state index contributed by atoms with van der Waals surface area (Å²) in [5.74, 6) is -0.679. The quantitative estimate of drug-likeness (QED) is 0.458. The lowest BCUT2D eigenvalue weighted by molar-refractivity contribution is -0.136. The van der Waals surface area contributed by atoms with Crippen LogP contribution in [-0.2, 0) is 4.79 Å². The van der Waals surface area contributed by atoms with Gasteiger partial charge < -0.3 is 5.11 Å². The van der Waals surface area contributed by atoms with Crippen molar-refractivity contribution >= 4 is 28.6 Å². The largest absolute Gasteiger partial charge is 0.480 e. The zero-order valence-corrected chi connectivity index (χ0v) is 9.00. The van der Waals surface area contributed by atoms with Crippen LogP contribution in [-0.4, -0.2) is 15.0 Å². The van der Waals surface area contributed by atoms with E-state index in [1.54, 1.807) is 0 Å². The predicted octanol–water partition coefficient (Wildman–Crippen LogP) is 2.85. The lowest BCUT2D eigenvalue weighted by Crippen LogP contribution is -2.11. The lowest BCUT2D eigenvalue weighted by atomic mass is 10.1. The Morgan fingerprint density at radius 3 is 2.55 bits per heavy atom. The van der Waals surface area contributed by atoms with E-state index in [1.165, 1.54) is 19.3 Å². The van der Waals surface area contributed by atoms with Gasteiger partial charge in [-0.1, -0.05) is 55.2 Å². The van der Waals surface area contributed by atoms with E-state index in [1.807, 2.05) is 22.6 Å². The molecule has 0 spiro atoms. The van der Waals surface area contributed by atoms with Crippen molar-refractivity contribution in [1.29, 1.82) is 0 Å². The van der Waals surface area contributed by atoms with Gasteiger partial charge in [0, 0.05) is 0 Å². The van der Waals surface area contributed by atoms with Crippen LogP contribution in [0.5, 0.6) is 0 Å². The summed E-state index contributed by atoms with van der Waals surface area (Å²) in [6, 6.07) is 0. The molecule has 0 rings (SSSR count). The molecule has 1 unspecified atom stereocenters. The molecule has 2 nitrogen and oxygen atoms in total. The molecule has 0 aromatic carbocycles. The second kappa shape index (κ2) is 6.88. The number of hydrogen-bond donors (Lipinski definition) is 1. The third-order valence-corrected chi connectivity index (χ3v) is 2.73. The van der Waals surface area contributed by atoms with Gasteiger partial charge in [0.05, 0.1) is 0 Å². The van der Waals surface area contributed by atoms with Crippen molar-refractivity contribution in [1.82, 2.24) is 0 Å². The van der Waals surface area contributed by atoms with E-state index in [-0.39, 0.29) is 3.92 Å². The molecule has 0 bridgehead atoms. The van der Waals surface area contributed by atoms with Crippen LogP contribution in [0.25, 0.3) is 0 Å². The first-order valence-electron chi connectivity index (χ1n) is 4.05. The van der Waals surface area contributed by atoms with Gasteiger partial charge in [0.15, 0.2) is 0 Å². The Bertz CT molecular complexity index is 115. The van der Waals surface area contributed by atoms with Crippen LogP contribution >= 0.6 is 22.6 Å². The highest BCUT2D eigenvalue weighted by atomic mass is 127. The Balaban J connectivity index is 3.17.